The monoisotopic (exact) mass is 1260 g/mol. The van der Waals surface area contributed by atoms with Crippen molar-refractivity contribution in [3.8, 4) is 36.0 Å². The summed E-state index contributed by atoms with van der Waals surface area (Å²) >= 11 is 0. The van der Waals surface area contributed by atoms with Gasteiger partial charge in [-0.1, -0.05) is 169 Å². The normalized spacial score (nSPS) is 28.3. The number of nitrogens with zero attached hydrogens (tertiary/aromatic N) is 3. The van der Waals surface area contributed by atoms with E-state index in [4.69, 9.17) is 19.2 Å². The van der Waals surface area contributed by atoms with E-state index in [1.165, 1.54) is 6.42 Å². The molecule has 3 saturated carbocycles. The Labute approximate surface area is 564 Å². The van der Waals surface area contributed by atoms with Crippen LogP contribution in [0.1, 0.15) is 193 Å². The number of amides is 3. The van der Waals surface area contributed by atoms with Crippen LogP contribution in [0, 0.1) is 60.7 Å². The second-order valence-corrected chi connectivity index (χ2v) is 24.3. The van der Waals surface area contributed by atoms with E-state index in [9.17, 15) is 34.2 Å². The smallest absolute Gasteiger partial charge is 0.456 e. The molecule has 3 aromatic rings. The van der Waals surface area contributed by atoms with Gasteiger partial charge in [-0.3, -0.25) is 19.2 Å². The van der Waals surface area contributed by atoms with Crippen LogP contribution in [-0.2, 0) is 47.9 Å². The summed E-state index contributed by atoms with van der Waals surface area (Å²) < 4.78 is 4.32. The van der Waals surface area contributed by atoms with Crippen molar-refractivity contribution in [2.75, 3.05) is 26.2 Å². The molecule has 0 radical (unpaired) electrons. The molecule has 6 heterocycles. The van der Waals surface area contributed by atoms with E-state index in [1.54, 1.807) is 12.8 Å². The predicted octanol–water partition coefficient (Wildman–Crippen LogP) is 9.04. The van der Waals surface area contributed by atoms with Crippen LogP contribution in [0.5, 0.6) is 0 Å². The van der Waals surface area contributed by atoms with Gasteiger partial charge in [-0.25, -0.2) is 4.79 Å². The Balaban J connectivity index is 0.000000262. The number of carbonyl (C=O) groups excluding carboxylic acids is 9. The van der Waals surface area contributed by atoms with Gasteiger partial charge in [-0.15, -0.1) is 18.3 Å². The van der Waals surface area contributed by atoms with Gasteiger partial charge in [0.05, 0.1) is 17.7 Å². The number of ether oxygens (including phenoxy) is 1. The number of benzene rings is 3. The summed E-state index contributed by atoms with van der Waals surface area (Å²) in [6, 6.07) is 30.3. The fourth-order valence-electron chi connectivity index (χ4n) is 15.6. The minimum absolute atomic E-state index is 0. The van der Waals surface area contributed by atoms with Crippen LogP contribution >= 0.6 is 0 Å². The van der Waals surface area contributed by atoms with Crippen molar-refractivity contribution in [3.05, 3.63) is 131 Å². The molecule has 12 rings (SSSR count). The van der Waals surface area contributed by atoms with E-state index >= 15 is 0 Å². The summed E-state index contributed by atoms with van der Waals surface area (Å²) in [5.74, 6) is 15.6. The maximum Gasteiger partial charge on any atom is 1.00 e. The SMILES string of the molecule is C.C#CC(=O)OCC.CCC#C[C@@]1(O)/C(=C/c2ccccc2)C[C@@H]2CCCCN3C(=O)CC[C@@]231.CCC#C[C@@]1(O)/C(=C/c2ccccc2)C[C@@H]2CCCCN3C(=O)CC[C@]231.O=C1CCC23C(=O)/C(=C/c4ccccc4)C[C@@H]2CCCCN13.O=C=O.O=C=O.[CH2-]CCC.[Li+]. The molecule has 2 N–H and O–H groups in total. The number of ketones is 1. The summed E-state index contributed by atoms with van der Waals surface area (Å²) in [6.07, 6.45) is 31.0. The van der Waals surface area contributed by atoms with Crippen LogP contribution in [0.25, 0.3) is 18.2 Å². The van der Waals surface area contributed by atoms with Gasteiger partial charge in [-0.05, 0) is 141 Å². The number of hydrogen-bond acceptors (Lipinski definition) is 12. The molecular formula is C77H94LiN3O12. The van der Waals surface area contributed by atoms with Gasteiger partial charge >= 0.3 is 37.1 Å². The van der Waals surface area contributed by atoms with Crippen LogP contribution < -0.4 is 18.9 Å². The Kier molecular flexibility index (Phi) is 31.2. The summed E-state index contributed by atoms with van der Waals surface area (Å²) in [5, 5.41) is 24.0. The predicted molar refractivity (Wildman–Crippen MR) is 354 cm³/mol. The fourth-order valence-corrected chi connectivity index (χ4v) is 15.6. The summed E-state index contributed by atoms with van der Waals surface area (Å²) in [6.45, 7) is 14.1. The first-order chi connectivity index (χ1) is 44.0. The van der Waals surface area contributed by atoms with Gasteiger partial charge in [0, 0.05) is 57.7 Å². The number of esters is 1. The Bertz CT molecular complexity index is 3190. The maximum absolute atomic E-state index is 13.2. The van der Waals surface area contributed by atoms with Gasteiger partial charge in [0.25, 0.3) is 0 Å². The van der Waals surface area contributed by atoms with E-state index < -0.39 is 33.8 Å². The topological polar surface area (TPSA) is 213 Å². The van der Waals surface area contributed by atoms with Crippen LogP contribution in [0.4, 0.5) is 0 Å². The standard InChI is InChI=1S/2C23H27NO2.C19H21NO2.C5H6O2.C4H9.2CO2.CH4.Li/c2*1-2-3-13-23(26)20(16-18-9-5-4-6-10-18)17-19-11-7-8-15-24-21(25)12-14-22(19,23)24;21-17-9-10-19-16(8-4-5-11-20(17)19)13-15(18(19)22)12-14-6-2-1-3-7-14;1-3-5(6)7-4-2;1-3-4-2;2*2-1-3;;/h2*4-6,9-10,16,19,26H,2,7-8,11-12,14-15,17H2,1H3;1-3,6-7,12,16H,4-5,8-11,13H2;1H,4H2,2H3;1,3-4H2,2H3;;;1H4;/q;;;;-1;;;;+1/b2*20-16+;15-12+;;;;;;/t19-,22+,23+;19-,22-,23+;16-,19?;;;;;;/m000....../s1. The van der Waals surface area contributed by atoms with E-state index in [0.717, 1.165) is 156 Å². The zero-order valence-electron chi connectivity index (χ0n) is 54.6. The van der Waals surface area contributed by atoms with Crippen LogP contribution in [0.2, 0.25) is 0 Å². The van der Waals surface area contributed by atoms with Crippen LogP contribution in [-0.4, -0.2) is 121 Å². The van der Waals surface area contributed by atoms with Crippen molar-refractivity contribution in [1.82, 2.24) is 14.7 Å². The zero-order chi connectivity index (χ0) is 66.1. The Morgan fingerprint density at radius 3 is 1.31 bits per heavy atom. The van der Waals surface area contributed by atoms with Crippen molar-refractivity contribution in [1.29, 1.82) is 0 Å². The number of aliphatic hydroxyl groups is 2. The average Bonchev–Trinajstić information content (AvgIpc) is 1.55. The molecular weight excluding hydrogens is 1170 g/mol. The quantitative estimate of drug-likeness (QED) is 0.0612. The third kappa shape index (κ3) is 17.0. The van der Waals surface area contributed by atoms with E-state index in [0.29, 0.717) is 56.5 Å². The number of unbranched alkanes of at least 4 members (excludes halogenated alkanes) is 1. The number of carbonyl (C=O) groups is 5. The zero-order valence-corrected chi connectivity index (χ0v) is 54.6. The second kappa shape index (κ2) is 37.3. The van der Waals surface area contributed by atoms with Gasteiger partial charge in [-0.2, -0.15) is 25.6 Å². The first-order valence-electron chi connectivity index (χ1n) is 32.6. The molecule has 8 atom stereocenters. The van der Waals surface area contributed by atoms with E-state index in [-0.39, 0.29) is 62.1 Å². The molecule has 15 nitrogen and oxygen atoms in total. The first-order valence-corrected chi connectivity index (χ1v) is 32.6. The van der Waals surface area contributed by atoms with Gasteiger partial charge in [0.2, 0.25) is 17.7 Å². The third-order valence-corrected chi connectivity index (χ3v) is 19.4. The van der Waals surface area contributed by atoms with Gasteiger partial charge in [0.1, 0.15) is 5.54 Å². The number of rotatable bonds is 5. The molecule has 93 heavy (non-hydrogen) atoms. The minimum Gasteiger partial charge on any atom is -0.456 e. The Morgan fingerprint density at radius 2 is 0.946 bits per heavy atom. The van der Waals surface area contributed by atoms with Crippen LogP contribution in [0.3, 0.4) is 0 Å². The molecule has 0 bridgehead atoms. The molecule has 9 aliphatic rings. The number of hydrogen-bond donors (Lipinski definition) is 2. The summed E-state index contributed by atoms with van der Waals surface area (Å²) in [5.41, 5.74) is 2.08. The fraction of sp³-hybridized carbons (Fsp3) is 0.506. The minimum atomic E-state index is -1.24. The van der Waals surface area contributed by atoms with Crippen molar-refractivity contribution in [2.24, 2.45) is 17.8 Å². The van der Waals surface area contributed by atoms with Crippen molar-refractivity contribution < 1.29 is 77.0 Å². The molecule has 490 valence electrons. The van der Waals surface area contributed by atoms with Crippen molar-refractivity contribution >= 4 is 60.0 Å². The molecule has 3 aromatic carbocycles. The molecule has 0 aromatic heterocycles. The number of terminal acetylenes is 1. The molecule has 9 fully saturated rings. The molecule has 6 saturated heterocycles. The molecule has 16 heteroatoms. The molecule has 3 spiro atoms. The molecule has 6 aliphatic heterocycles. The maximum atomic E-state index is 13.2. The average molecular weight is 1260 g/mol. The number of Topliss-reactive ketones (excluding diaryl/α,β-unsaturated/α-hetero) is 1. The van der Waals surface area contributed by atoms with Crippen LogP contribution in [0.15, 0.2) is 108 Å². The van der Waals surface area contributed by atoms with Gasteiger partial charge < -0.3 is 36.6 Å². The molecule has 3 amide bonds. The Hall–Kier alpha value is -7.61. The molecule has 3 aliphatic carbocycles. The van der Waals surface area contributed by atoms with Crippen molar-refractivity contribution in [2.45, 2.75) is 204 Å². The third-order valence-electron chi connectivity index (χ3n) is 19.4. The first kappa shape index (κ1) is 77.8. The van der Waals surface area contributed by atoms with Gasteiger partial charge in [0.15, 0.2) is 17.0 Å². The largest absolute Gasteiger partial charge is 1.00 e. The summed E-state index contributed by atoms with van der Waals surface area (Å²) in [4.78, 5) is 99.2. The van der Waals surface area contributed by atoms with E-state index in [2.05, 4.69) is 85.1 Å². The van der Waals surface area contributed by atoms with Crippen molar-refractivity contribution in [3.63, 3.8) is 0 Å². The summed E-state index contributed by atoms with van der Waals surface area (Å²) in [7, 11) is 0. The molecule has 1 unspecified atom stereocenters. The van der Waals surface area contributed by atoms with E-state index in [1.807, 2.05) is 101 Å². The Morgan fingerprint density at radius 1 is 0.581 bits per heavy atom. The second-order valence-electron chi connectivity index (χ2n) is 24.3.